The number of hydrogen-bond donors (Lipinski definition) is 2. The molecule has 0 aliphatic heterocycles. The topological polar surface area (TPSA) is 111 Å². The van der Waals surface area contributed by atoms with E-state index in [1.54, 1.807) is 0 Å². The number of benzene rings is 1. The quantitative estimate of drug-likeness (QED) is 0.235. The second kappa shape index (κ2) is 11.0. The van der Waals surface area contributed by atoms with E-state index in [0.717, 1.165) is 29.6 Å². The highest BCUT2D eigenvalue weighted by atomic mass is 16.1. The molecule has 0 bridgehead atoms. The molecule has 2 aromatic heterocycles. The number of aliphatic imine (C=N–C) groups is 1. The Morgan fingerprint density at radius 3 is 2.49 bits per heavy atom. The highest BCUT2D eigenvalue weighted by Crippen LogP contribution is 2.36. The summed E-state index contributed by atoms with van der Waals surface area (Å²) in [4.78, 5) is 29.4. The summed E-state index contributed by atoms with van der Waals surface area (Å²) in [5.41, 5.74) is 8.81. The fourth-order valence-electron chi connectivity index (χ4n) is 5.83. The van der Waals surface area contributed by atoms with Gasteiger partial charge in [0.15, 0.2) is 23.1 Å². The number of carbonyl (C=O) groups excluding carboxylic acids is 1. The maximum atomic E-state index is 11.0. The van der Waals surface area contributed by atoms with E-state index >= 15 is 0 Å². The van der Waals surface area contributed by atoms with Crippen LogP contribution in [0.5, 0.6) is 0 Å². The Morgan fingerprint density at radius 1 is 1.11 bits per heavy atom. The molecule has 1 aromatic carbocycles. The highest BCUT2D eigenvalue weighted by molar-refractivity contribution is 6.00. The standard InChI is InChI=1S/C29H39N7O/c1-18-12-14-21(15-13-18)16-36-24-26(32-20(3)23-10-7-11-23)33-28(25(30)31-17-37)34-27(24)35-29(36)19(2)22-8-5-4-6-9-22/h4-6,8-9,17-21,23H,7,10-16H2,1-3H3,(H2,30,31,37)(H,32,33,34)/t18?,19?,20-,21?/m1/s1. The summed E-state index contributed by atoms with van der Waals surface area (Å²) >= 11 is 0. The zero-order valence-electron chi connectivity index (χ0n) is 22.2. The number of hydrogen-bond acceptors (Lipinski definition) is 5. The van der Waals surface area contributed by atoms with Crippen molar-refractivity contribution in [2.45, 2.75) is 84.2 Å². The Morgan fingerprint density at radius 2 is 1.84 bits per heavy atom. The Kier molecular flexibility index (Phi) is 7.53. The first kappa shape index (κ1) is 25.4. The van der Waals surface area contributed by atoms with Crippen LogP contribution < -0.4 is 11.1 Å². The van der Waals surface area contributed by atoms with Crippen molar-refractivity contribution in [3.05, 3.63) is 47.5 Å². The van der Waals surface area contributed by atoms with E-state index in [4.69, 9.17) is 20.7 Å². The van der Waals surface area contributed by atoms with Gasteiger partial charge in [0.25, 0.3) is 0 Å². The fraction of sp³-hybridized carbons (Fsp3) is 0.552. The van der Waals surface area contributed by atoms with Crippen molar-refractivity contribution in [2.75, 3.05) is 5.32 Å². The smallest absolute Gasteiger partial charge is 0.234 e. The second-order valence-corrected chi connectivity index (χ2v) is 11.2. The summed E-state index contributed by atoms with van der Waals surface area (Å²) in [6, 6.07) is 10.8. The molecular formula is C29H39N7O. The van der Waals surface area contributed by atoms with E-state index < -0.39 is 0 Å². The molecule has 1 amide bonds. The Balaban J connectivity index is 1.64. The number of rotatable bonds is 9. The van der Waals surface area contributed by atoms with E-state index in [0.29, 0.717) is 23.9 Å². The van der Waals surface area contributed by atoms with E-state index in [1.165, 1.54) is 50.5 Å². The molecule has 0 radical (unpaired) electrons. The monoisotopic (exact) mass is 501 g/mol. The lowest BCUT2D eigenvalue weighted by atomic mass is 9.80. The normalized spacial score (nSPS) is 22.4. The van der Waals surface area contributed by atoms with Crippen LogP contribution in [-0.4, -0.2) is 37.8 Å². The lowest BCUT2D eigenvalue weighted by Gasteiger charge is -2.32. The Hall–Kier alpha value is -3.29. The Labute approximate surface area is 219 Å². The highest BCUT2D eigenvalue weighted by Gasteiger charge is 2.29. The van der Waals surface area contributed by atoms with Crippen molar-refractivity contribution < 1.29 is 4.79 Å². The number of imidazole rings is 1. The van der Waals surface area contributed by atoms with Crippen molar-refractivity contribution in [3.8, 4) is 0 Å². The van der Waals surface area contributed by atoms with Gasteiger partial charge in [-0.3, -0.25) is 4.79 Å². The molecule has 0 saturated heterocycles. The average molecular weight is 502 g/mol. The number of anilines is 1. The fourth-order valence-corrected chi connectivity index (χ4v) is 5.83. The number of amidine groups is 1. The number of nitrogens with one attached hydrogen (secondary N) is 1. The largest absolute Gasteiger partial charge is 0.380 e. The molecule has 2 atom stereocenters. The van der Waals surface area contributed by atoms with Crippen molar-refractivity contribution in [3.63, 3.8) is 0 Å². The molecule has 2 saturated carbocycles. The number of nitrogens with two attached hydrogens (primary N) is 1. The van der Waals surface area contributed by atoms with Gasteiger partial charge in [0, 0.05) is 18.5 Å². The summed E-state index contributed by atoms with van der Waals surface area (Å²) in [6.07, 6.45) is 9.13. The maximum absolute atomic E-state index is 11.0. The third-order valence-corrected chi connectivity index (χ3v) is 8.54. The van der Waals surface area contributed by atoms with E-state index in [9.17, 15) is 4.79 Å². The predicted molar refractivity (Wildman–Crippen MR) is 148 cm³/mol. The van der Waals surface area contributed by atoms with Crippen molar-refractivity contribution in [1.29, 1.82) is 0 Å². The summed E-state index contributed by atoms with van der Waals surface area (Å²) in [7, 11) is 0. The zero-order valence-corrected chi connectivity index (χ0v) is 22.2. The minimum absolute atomic E-state index is 0.00437. The summed E-state index contributed by atoms with van der Waals surface area (Å²) in [5, 5.41) is 3.69. The van der Waals surface area contributed by atoms with Gasteiger partial charge in [-0.05, 0) is 55.9 Å². The molecule has 8 heteroatoms. The van der Waals surface area contributed by atoms with Gasteiger partial charge in [-0.1, -0.05) is 63.4 Å². The lowest BCUT2D eigenvalue weighted by Crippen LogP contribution is -2.32. The number of fused-ring (bicyclic) bond motifs is 1. The molecule has 37 heavy (non-hydrogen) atoms. The van der Waals surface area contributed by atoms with Gasteiger partial charge in [0.05, 0.1) is 0 Å². The third kappa shape index (κ3) is 5.38. The summed E-state index contributed by atoms with van der Waals surface area (Å²) < 4.78 is 2.36. The van der Waals surface area contributed by atoms with E-state index in [1.807, 2.05) is 6.07 Å². The van der Waals surface area contributed by atoms with Crippen LogP contribution in [0.4, 0.5) is 5.82 Å². The second-order valence-electron chi connectivity index (χ2n) is 11.2. The van der Waals surface area contributed by atoms with E-state index in [2.05, 4.69) is 59.9 Å². The molecule has 196 valence electrons. The van der Waals surface area contributed by atoms with Gasteiger partial charge >= 0.3 is 0 Å². The van der Waals surface area contributed by atoms with Crippen LogP contribution in [0.1, 0.15) is 88.8 Å². The first-order chi connectivity index (χ1) is 17.9. The SMILES string of the molecule is CC1CCC(Cn2c(C(C)c3ccccc3)nc3nc(C(N)=NC=O)nc(N[C@H](C)C4CCC4)c32)CC1. The van der Waals surface area contributed by atoms with Crippen LogP contribution in [0.25, 0.3) is 11.2 Å². The van der Waals surface area contributed by atoms with E-state index in [-0.39, 0.29) is 23.6 Å². The molecule has 8 nitrogen and oxygen atoms in total. The molecule has 0 spiro atoms. The van der Waals surface area contributed by atoms with Gasteiger partial charge in [-0.2, -0.15) is 4.99 Å². The molecule has 2 aliphatic carbocycles. The molecule has 2 fully saturated rings. The van der Waals surface area contributed by atoms with Gasteiger partial charge < -0.3 is 15.6 Å². The van der Waals surface area contributed by atoms with Gasteiger partial charge in [0.2, 0.25) is 6.41 Å². The molecule has 2 heterocycles. The first-order valence-corrected chi connectivity index (χ1v) is 13.8. The third-order valence-electron chi connectivity index (χ3n) is 8.54. The first-order valence-electron chi connectivity index (χ1n) is 13.8. The van der Waals surface area contributed by atoms with Crippen LogP contribution in [0.15, 0.2) is 35.3 Å². The predicted octanol–water partition coefficient (Wildman–Crippen LogP) is 5.27. The molecule has 3 N–H and O–H groups in total. The van der Waals surface area contributed by atoms with Crippen molar-refractivity contribution >= 4 is 29.2 Å². The van der Waals surface area contributed by atoms with Crippen LogP contribution in [0.2, 0.25) is 0 Å². The van der Waals surface area contributed by atoms with Crippen LogP contribution in [0, 0.1) is 17.8 Å². The molecule has 3 aromatic rings. The number of nitrogens with zero attached hydrogens (tertiary/aromatic N) is 5. The summed E-state index contributed by atoms with van der Waals surface area (Å²) in [6.45, 7) is 7.67. The minimum Gasteiger partial charge on any atom is -0.380 e. The Bertz CT molecular complexity index is 1260. The number of amides is 1. The molecule has 5 rings (SSSR count). The van der Waals surface area contributed by atoms with Crippen LogP contribution in [-0.2, 0) is 11.3 Å². The average Bonchev–Trinajstić information content (AvgIpc) is 3.23. The van der Waals surface area contributed by atoms with Crippen LogP contribution in [0.3, 0.4) is 0 Å². The number of carbonyl (C=O) groups is 1. The molecule has 1 unspecified atom stereocenters. The maximum Gasteiger partial charge on any atom is 0.234 e. The van der Waals surface area contributed by atoms with Gasteiger partial charge in [-0.15, -0.1) is 0 Å². The van der Waals surface area contributed by atoms with Crippen LogP contribution >= 0.6 is 0 Å². The number of aromatic nitrogens is 4. The van der Waals surface area contributed by atoms with Gasteiger partial charge in [0.1, 0.15) is 11.3 Å². The lowest BCUT2D eigenvalue weighted by molar-refractivity contribution is -0.106. The van der Waals surface area contributed by atoms with Crippen molar-refractivity contribution in [2.24, 2.45) is 28.5 Å². The van der Waals surface area contributed by atoms with Crippen molar-refractivity contribution in [1.82, 2.24) is 19.5 Å². The molecule has 2 aliphatic rings. The zero-order chi connectivity index (χ0) is 25.9. The van der Waals surface area contributed by atoms with Gasteiger partial charge in [-0.25, -0.2) is 15.0 Å². The minimum atomic E-state index is 0.00437. The molecular weight excluding hydrogens is 462 g/mol. The summed E-state index contributed by atoms with van der Waals surface area (Å²) in [5.74, 6) is 4.04.